The first kappa shape index (κ1) is 15.3. The summed E-state index contributed by atoms with van der Waals surface area (Å²) in [5, 5.41) is 0. The van der Waals surface area contributed by atoms with Crippen molar-refractivity contribution in [3.63, 3.8) is 0 Å². The summed E-state index contributed by atoms with van der Waals surface area (Å²) in [6.07, 6.45) is 10.4. The zero-order valence-corrected chi connectivity index (χ0v) is 11.6. The molecule has 0 saturated heterocycles. The van der Waals surface area contributed by atoms with E-state index in [9.17, 15) is 4.79 Å². The van der Waals surface area contributed by atoms with Crippen molar-refractivity contribution in [2.45, 2.75) is 39.0 Å². The fourth-order valence-corrected chi connectivity index (χ4v) is 1.76. The molecule has 0 spiro atoms. The van der Waals surface area contributed by atoms with Gasteiger partial charge < -0.3 is 10.5 Å². The summed E-state index contributed by atoms with van der Waals surface area (Å²) in [4.78, 5) is 11.0. The lowest BCUT2D eigenvalue weighted by atomic mass is 10.1. The summed E-state index contributed by atoms with van der Waals surface area (Å²) in [7, 11) is 0. The Kier molecular flexibility index (Phi) is 7.40. The van der Waals surface area contributed by atoms with Crippen molar-refractivity contribution < 1.29 is 9.53 Å². The number of ether oxygens (including phenoxy) is 1. The zero-order valence-electron chi connectivity index (χ0n) is 11.6. The first-order valence-electron chi connectivity index (χ1n) is 6.91. The van der Waals surface area contributed by atoms with Crippen molar-refractivity contribution >= 4 is 5.91 Å². The van der Waals surface area contributed by atoms with E-state index < -0.39 is 5.91 Å². The summed E-state index contributed by atoms with van der Waals surface area (Å²) < 4.78 is 5.53. The molecule has 0 aliphatic rings. The predicted octanol–water partition coefficient (Wildman–Crippen LogP) is 3.69. The quantitative estimate of drug-likeness (QED) is 0.544. The normalized spacial score (nSPS) is 10.8. The Bertz CT molecular complexity index is 413. The van der Waals surface area contributed by atoms with Gasteiger partial charge in [-0.25, -0.2) is 0 Å². The van der Waals surface area contributed by atoms with Crippen LogP contribution in [-0.2, 0) is 0 Å². The van der Waals surface area contributed by atoms with Gasteiger partial charge in [-0.05, 0) is 31.0 Å². The van der Waals surface area contributed by atoms with E-state index in [1.54, 1.807) is 18.2 Å². The number of hydrogen-bond acceptors (Lipinski definition) is 2. The summed E-state index contributed by atoms with van der Waals surface area (Å²) in [5.74, 6) is 0.240. The molecule has 0 unspecified atom stereocenters. The van der Waals surface area contributed by atoms with Gasteiger partial charge in [0.2, 0.25) is 5.91 Å². The number of nitrogens with two attached hydrogens (primary N) is 1. The highest BCUT2D eigenvalue weighted by Gasteiger charge is 2.00. The first-order valence-corrected chi connectivity index (χ1v) is 6.91. The van der Waals surface area contributed by atoms with E-state index in [-0.39, 0.29) is 0 Å². The minimum Gasteiger partial charge on any atom is -0.490 e. The average molecular weight is 261 g/mol. The Morgan fingerprint density at radius 1 is 1.26 bits per heavy atom. The minimum atomic E-state index is -0.433. The van der Waals surface area contributed by atoms with Gasteiger partial charge in [-0.15, -0.1) is 0 Å². The molecule has 0 aromatic heterocycles. The van der Waals surface area contributed by atoms with Crippen LogP contribution in [-0.4, -0.2) is 12.5 Å². The van der Waals surface area contributed by atoms with Crippen molar-refractivity contribution in [3.05, 3.63) is 42.0 Å². The van der Waals surface area contributed by atoms with Gasteiger partial charge in [0.1, 0.15) is 12.4 Å². The topological polar surface area (TPSA) is 52.3 Å². The molecule has 0 radical (unpaired) electrons. The van der Waals surface area contributed by atoms with E-state index in [1.165, 1.54) is 25.7 Å². The Morgan fingerprint density at radius 2 is 2.11 bits per heavy atom. The molecule has 1 rings (SSSR count). The number of amides is 1. The number of carbonyl (C=O) groups is 1. The molecule has 1 aromatic rings. The standard InChI is InChI=1S/C16H23NO2/c1-2-3-4-5-6-7-8-12-19-15-11-9-10-14(13-15)16(17)18/h7-11,13H,2-6,12H2,1H3,(H2,17,18). The van der Waals surface area contributed by atoms with Crippen LogP contribution in [0.2, 0.25) is 0 Å². The van der Waals surface area contributed by atoms with Gasteiger partial charge in [0.15, 0.2) is 0 Å². The van der Waals surface area contributed by atoms with Gasteiger partial charge in [-0.1, -0.05) is 44.4 Å². The fraction of sp³-hybridized carbons (Fsp3) is 0.438. The summed E-state index contributed by atoms with van der Waals surface area (Å²) in [6.45, 7) is 2.74. The van der Waals surface area contributed by atoms with Crippen LogP contribution in [0.4, 0.5) is 0 Å². The van der Waals surface area contributed by atoms with E-state index >= 15 is 0 Å². The Balaban J connectivity index is 2.23. The lowest BCUT2D eigenvalue weighted by Gasteiger charge is -2.04. The number of unbranched alkanes of at least 4 members (excludes halogenated alkanes) is 4. The molecule has 1 aromatic carbocycles. The highest BCUT2D eigenvalue weighted by atomic mass is 16.5. The van der Waals surface area contributed by atoms with Gasteiger partial charge in [0.05, 0.1) is 0 Å². The van der Waals surface area contributed by atoms with Gasteiger partial charge in [-0.3, -0.25) is 4.79 Å². The van der Waals surface area contributed by atoms with E-state index in [0.717, 1.165) is 6.42 Å². The molecule has 3 heteroatoms. The Labute approximate surface area is 115 Å². The number of primary amides is 1. The largest absolute Gasteiger partial charge is 0.490 e. The molecular weight excluding hydrogens is 238 g/mol. The van der Waals surface area contributed by atoms with Crippen LogP contribution in [0, 0.1) is 0 Å². The van der Waals surface area contributed by atoms with Crippen LogP contribution in [0.25, 0.3) is 0 Å². The van der Waals surface area contributed by atoms with Crippen molar-refractivity contribution in [3.8, 4) is 5.75 Å². The minimum absolute atomic E-state index is 0.433. The van der Waals surface area contributed by atoms with Crippen LogP contribution < -0.4 is 10.5 Å². The fourth-order valence-electron chi connectivity index (χ4n) is 1.76. The molecule has 0 aliphatic carbocycles. The highest BCUT2D eigenvalue weighted by molar-refractivity contribution is 5.93. The molecule has 3 nitrogen and oxygen atoms in total. The number of benzene rings is 1. The van der Waals surface area contributed by atoms with Gasteiger partial charge >= 0.3 is 0 Å². The van der Waals surface area contributed by atoms with Crippen molar-refractivity contribution in [2.75, 3.05) is 6.61 Å². The molecule has 0 atom stereocenters. The van der Waals surface area contributed by atoms with Crippen molar-refractivity contribution in [1.29, 1.82) is 0 Å². The number of rotatable bonds is 9. The van der Waals surface area contributed by atoms with Crippen molar-refractivity contribution in [2.24, 2.45) is 5.73 Å². The summed E-state index contributed by atoms with van der Waals surface area (Å²) in [6, 6.07) is 6.93. The van der Waals surface area contributed by atoms with Gasteiger partial charge in [0.25, 0.3) is 0 Å². The number of hydrogen-bond donors (Lipinski definition) is 1. The van der Waals surface area contributed by atoms with Gasteiger partial charge in [0, 0.05) is 5.56 Å². The number of carbonyl (C=O) groups excluding carboxylic acids is 1. The maximum absolute atomic E-state index is 11.0. The maximum Gasteiger partial charge on any atom is 0.248 e. The van der Waals surface area contributed by atoms with Crippen LogP contribution in [0.1, 0.15) is 49.4 Å². The second-order valence-corrected chi connectivity index (χ2v) is 4.52. The number of allylic oxidation sites excluding steroid dienone is 1. The van der Waals surface area contributed by atoms with E-state index in [2.05, 4.69) is 13.0 Å². The van der Waals surface area contributed by atoms with Gasteiger partial charge in [-0.2, -0.15) is 0 Å². The first-order chi connectivity index (χ1) is 9.24. The molecule has 0 saturated carbocycles. The van der Waals surface area contributed by atoms with E-state index in [1.807, 2.05) is 12.1 Å². The summed E-state index contributed by atoms with van der Waals surface area (Å²) >= 11 is 0. The molecule has 104 valence electrons. The molecule has 0 heterocycles. The van der Waals surface area contributed by atoms with E-state index in [4.69, 9.17) is 10.5 Å². The third kappa shape index (κ3) is 6.65. The van der Waals surface area contributed by atoms with Crippen LogP contribution in [0.3, 0.4) is 0 Å². The molecule has 19 heavy (non-hydrogen) atoms. The third-order valence-corrected chi connectivity index (χ3v) is 2.86. The molecular formula is C16H23NO2. The highest BCUT2D eigenvalue weighted by Crippen LogP contribution is 2.12. The molecule has 2 N–H and O–H groups in total. The smallest absolute Gasteiger partial charge is 0.248 e. The van der Waals surface area contributed by atoms with Crippen molar-refractivity contribution in [1.82, 2.24) is 0 Å². The maximum atomic E-state index is 11.0. The third-order valence-electron chi connectivity index (χ3n) is 2.86. The zero-order chi connectivity index (χ0) is 13.9. The SMILES string of the molecule is CCCCCCC=CCOc1cccc(C(N)=O)c1. The lowest BCUT2D eigenvalue weighted by Crippen LogP contribution is -2.10. The van der Waals surface area contributed by atoms with Crippen LogP contribution in [0.5, 0.6) is 5.75 Å². The molecule has 0 bridgehead atoms. The molecule has 0 fully saturated rings. The monoisotopic (exact) mass is 261 g/mol. The second-order valence-electron chi connectivity index (χ2n) is 4.52. The second kappa shape index (κ2) is 9.20. The Hall–Kier alpha value is -1.77. The molecule has 0 aliphatic heterocycles. The predicted molar refractivity (Wildman–Crippen MR) is 78.4 cm³/mol. The summed E-state index contributed by atoms with van der Waals surface area (Å²) in [5.41, 5.74) is 5.68. The molecule has 1 amide bonds. The van der Waals surface area contributed by atoms with Crippen LogP contribution in [0.15, 0.2) is 36.4 Å². The van der Waals surface area contributed by atoms with E-state index in [0.29, 0.717) is 17.9 Å². The Morgan fingerprint density at radius 3 is 2.84 bits per heavy atom. The van der Waals surface area contributed by atoms with Crippen LogP contribution >= 0.6 is 0 Å². The lowest BCUT2D eigenvalue weighted by molar-refractivity contribution is 0.1000. The average Bonchev–Trinajstić information content (AvgIpc) is 2.42.